The molecule has 0 saturated carbocycles. The van der Waals surface area contributed by atoms with Crippen molar-refractivity contribution >= 4 is 5.91 Å². The smallest absolute Gasteiger partial charge is 0.226 e. The third-order valence-corrected chi connectivity index (χ3v) is 2.84. The normalized spacial score (nSPS) is 30.6. The first-order valence-electron chi connectivity index (χ1n) is 5.06. The fraction of sp³-hybridized carbons (Fsp3) is 0.900. The second-order valence-electron chi connectivity index (χ2n) is 4.32. The van der Waals surface area contributed by atoms with E-state index in [1.807, 2.05) is 11.8 Å². The van der Waals surface area contributed by atoms with Gasteiger partial charge in [-0.25, -0.2) is 0 Å². The minimum Gasteiger partial charge on any atom is -0.339 e. The van der Waals surface area contributed by atoms with Gasteiger partial charge in [0, 0.05) is 25.0 Å². The first-order chi connectivity index (χ1) is 6.06. The van der Waals surface area contributed by atoms with Crippen molar-refractivity contribution in [2.45, 2.75) is 33.2 Å². The van der Waals surface area contributed by atoms with Crippen LogP contribution in [0.4, 0.5) is 0 Å². The SMILES string of the molecule is CC1CC(C)N(C(=O)C(C)CN)C1. The Morgan fingerprint density at radius 2 is 2.23 bits per heavy atom. The van der Waals surface area contributed by atoms with Crippen LogP contribution in [-0.2, 0) is 4.79 Å². The number of hydrogen-bond acceptors (Lipinski definition) is 2. The highest BCUT2D eigenvalue weighted by Gasteiger charge is 2.31. The number of carbonyl (C=O) groups is 1. The highest BCUT2D eigenvalue weighted by molar-refractivity contribution is 5.79. The van der Waals surface area contributed by atoms with E-state index in [0.29, 0.717) is 18.5 Å². The van der Waals surface area contributed by atoms with Crippen molar-refractivity contribution in [1.29, 1.82) is 0 Å². The monoisotopic (exact) mass is 184 g/mol. The molecule has 0 aromatic carbocycles. The maximum atomic E-state index is 11.8. The number of nitrogens with zero attached hydrogens (tertiary/aromatic N) is 1. The van der Waals surface area contributed by atoms with Crippen LogP contribution in [0.25, 0.3) is 0 Å². The summed E-state index contributed by atoms with van der Waals surface area (Å²) in [7, 11) is 0. The zero-order valence-electron chi connectivity index (χ0n) is 8.79. The van der Waals surface area contributed by atoms with E-state index in [1.54, 1.807) is 0 Å². The summed E-state index contributed by atoms with van der Waals surface area (Å²) in [6.07, 6.45) is 1.13. The summed E-state index contributed by atoms with van der Waals surface area (Å²) < 4.78 is 0. The molecule has 1 fully saturated rings. The molecule has 1 heterocycles. The molecule has 3 unspecified atom stereocenters. The molecule has 0 radical (unpaired) electrons. The Labute approximate surface area is 80.3 Å². The van der Waals surface area contributed by atoms with Gasteiger partial charge in [-0.1, -0.05) is 13.8 Å². The lowest BCUT2D eigenvalue weighted by atomic mass is 10.1. The van der Waals surface area contributed by atoms with E-state index in [2.05, 4.69) is 13.8 Å². The molecule has 0 spiro atoms. The predicted molar refractivity (Wildman–Crippen MR) is 53.2 cm³/mol. The quantitative estimate of drug-likeness (QED) is 0.691. The van der Waals surface area contributed by atoms with Crippen LogP contribution in [0.15, 0.2) is 0 Å². The average molecular weight is 184 g/mol. The van der Waals surface area contributed by atoms with Gasteiger partial charge in [-0.15, -0.1) is 0 Å². The molecule has 13 heavy (non-hydrogen) atoms. The molecule has 1 aliphatic heterocycles. The van der Waals surface area contributed by atoms with Gasteiger partial charge in [-0.05, 0) is 19.3 Å². The summed E-state index contributed by atoms with van der Waals surface area (Å²) in [4.78, 5) is 13.8. The number of nitrogens with two attached hydrogens (primary N) is 1. The van der Waals surface area contributed by atoms with Crippen LogP contribution in [0, 0.1) is 11.8 Å². The van der Waals surface area contributed by atoms with Crippen LogP contribution < -0.4 is 5.73 Å². The molecule has 0 aromatic rings. The molecular formula is C10H20N2O. The molecule has 3 heteroatoms. The van der Waals surface area contributed by atoms with E-state index in [-0.39, 0.29) is 11.8 Å². The Hall–Kier alpha value is -0.570. The van der Waals surface area contributed by atoms with Crippen molar-refractivity contribution in [3.8, 4) is 0 Å². The summed E-state index contributed by atoms with van der Waals surface area (Å²) in [5.74, 6) is 0.844. The largest absolute Gasteiger partial charge is 0.339 e. The maximum absolute atomic E-state index is 11.8. The Bertz CT molecular complexity index is 193. The lowest BCUT2D eigenvalue weighted by Gasteiger charge is -2.24. The molecule has 76 valence electrons. The number of rotatable bonds is 2. The van der Waals surface area contributed by atoms with E-state index in [0.717, 1.165) is 13.0 Å². The minimum atomic E-state index is -0.0206. The van der Waals surface area contributed by atoms with Crippen molar-refractivity contribution in [2.75, 3.05) is 13.1 Å². The van der Waals surface area contributed by atoms with Gasteiger partial charge in [0.25, 0.3) is 0 Å². The Morgan fingerprint density at radius 1 is 1.62 bits per heavy atom. The molecule has 1 amide bonds. The van der Waals surface area contributed by atoms with Crippen LogP contribution in [0.2, 0.25) is 0 Å². The predicted octanol–water partition coefficient (Wildman–Crippen LogP) is 0.838. The van der Waals surface area contributed by atoms with Crippen molar-refractivity contribution in [3.63, 3.8) is 0 Å². The number of amides is 1. The van der Waals surface area contributed by atoms with Crippen LogP contribution in [-0.4, -0.2) is 29.9 Å². The van der Waals surface area contributed by atoms with Gasteiger partial charge < -0.3 is 10.6 Å². The van der Waals surface area contributed by atoms with Gasteiger partial charge in [0.2, 0.25) is 5.91 Å². The highest BCUT2D eigenvalue weighted by Crippen LogP contribution is 2.23. The van der Waals surface area contributed by atoms with Gasteiger partial charge in [0.05, 0.1) is 0 Å². The topological polar surface area (TPSA) is 46.3 Å². The average Bonchev–Trinajstić information content (AvgIpc) is 2.42. The highest BCUT2D eigenvalue weighted by atomic mass is 16.2. The van der Waals surface area contributed by atoms with Crippen molar-refractivity contribution in [3.05, 3.63) is 0 Å². The third kappa shape index (κ3) is 2.21. The lowest BCUT2D eigenvalue weighted by molar-refractivity contribution is -0.135. The van der Waals surface area contributed by atoms with Crippen molar-refractivity contribution in [2.24, 2.45) is 17.6 Å². The second-order valence-corrected chi connectivity index (χ2v) is 4.32. The Morgan fingerprint density at radius 3 is 2.62 bits per heavy atom. The van der Waals surface area contributed by atoms with Crippen molar-refractivity contribution < 1.29 is 4.79 Å². The summed E-state index contributed by atoms with van der Waals surface area (Å²) in [5, 5.41) is 0. The first kappa shape index (κ1) is 10.5. The molecule has 2 N–H and O–H groups in total. The van der Waals surface area contributed by atoms with Crippen molar-refractivity contribution in [1.82, 2.24) is 4.90 Å². The van der Waals surface area contributed by atoms with Crippen LogP contribution in [0.5, 0.6) is 0 Å². The molecule has 1 aliphatic rings. The number of likely N-dealkylation sites (tertiary alicyclic amines) is 1. The number of hydrogen-bond donors (Lipinski definition) is 1. The molecule has 3 nitrogen and oxygen atoms in total. The molecule has 1 rings (SSSR count). The fourth-order valence-corrected chi connectivity index (χ4v) is 1.99. The molecular weight excluding hydrogens is 164 g/mol. The summed E-state index contributed by atoms with van der Waals surface area (Å²) in [6.45, 7) is 7.57. The van der Waals surface area contributed by atoms with Crippen LogP contribution in [0.1, 0.15) is 27.2 Å². The van der Waals surface area contributed by atoms with Crippen LogP contribution >= 0.6 is 0 Å². The summed E-state index contributed by atoms with van der Waals surface area (Å²) in [6, 6.07) is 0.400. The minimum absolute atomic E-state index is 0.0206. The zero-order valence-corrected chi connectivity index (χ0v) is 8.79. The van der Waals surface area contributed by atoms with Gasteiger partial charge in [-0.2, -0.15) is 0 Å². The van der Waals surface area contributed by atoms with E-state index in [4.69, 9.17) is 5.73 Å². The van der Waals surface area contributed by atoms with E-state index < -0.39 is 0 Å². The summed E-state index contributed by atoms with van der Waals surface area (Å²) >= 11 is 0. The number of carbonyl (C=O) groups excluding carboxylic acids is 1. The van der Waals surface area contributed by atoms with E-state index >= 15 is 0 Å². The van der Waals surface area contributed by atoms with Gasteiger partial charge in [-0.3, -0.25) is 4.79 Å². The van der Waals surface area contributed by atoms with E-state index in [9.17, 15) is 4.79 Å². The van der Waals surface area contributed by atoms with Crippen LogP contribution in [0.3, 0.4) is 0 Å². The fourth-order valence-electron chi connectivity index (χ4n) is 1.99. The standard InChI is InChI=1S/C10H20N2O/c1-7-4-9(3)12(6-7)10(13)8(2)5-11/h7-9H,4-6,11H2,1-3H3. The van der Waals surface area contributed by atoms with Gasteiger partial charge in [0.15, 0.2) is 0 Å². The molecule has 3 atom stereocenters. The molecule has 0 aromatic heterocycles. The molecule has 0 aliphatic carbocycles. The molecule has 0 bridgehead atoms. The first-order valence-corrected chi connectivity index (χ1v) is 5.06. The summed E-state index contributed by atoms with van der Waals surface area (Å²) in [5.41, 5.74) is 5.47. The zero-order chi connectivity index (χ0) is 10.0. The third-order valence-electron chi connectivity index (χ3n) is 2.84. The lowest BCUT2D eigenvalue weighted by Crippen LogP contribution is -2.39. The Kier molecular flexibility index (Phi) is 3.31. The van der Waals surface area contributed by atoms with Gasteiger partial charge >= 0.3 is 0 Å². The Balaban J connectivity index is 2.57. The van der Waals surface area contributed by atoms with Gasteiger partial charge in [0.1, 0.15) is 0 Å². The van der Waals surface area contributed by atoms with E-state index in [1.165, 1.54) is 0 Å². The molecule has 1 saturated heterocycles. The maximum Gasteiger partial charge on any atom is 0.226 e. The second kappa shape index (κ2) is 4.09.